The standard InChI is InChI=1S/C26H31F5N4O2/c1-15(17-5-3-6-18(22(17)27)23(28)29)32-24(37)19-14-35(26(25(30)31)9-4-10-26)21(36)13-20(19)33-16-7-11-34(2)12-8-16/h3,5-6,13-16,23,25,33H,4,7-12H2,1-2H3,(H,32,37). The smallest absolute Gasteiger partial charge is 0.266 e. The molecule has 0 bridgehead atoms. The summed E-state index contributed by atoms with van der Waals surface area (Å²) >= 11 is 0. The molecule has 4 rings (SSSR count). The molecule has 1 aliphatic carbocycles. The van der Waals surface area contributed by atoms with Crippen molar-refractivity contribution >= 4 is 11.6 Å². The molecule has 2 heterocycles. The van der Waals surface area contributed by atoms with Gasteiger partial charge in [0.1, 0.15) is 11.4 Å². The monoisotopic (exact) mass is 526 g/mol. The summed E-state index contributed by atoms with van der Waals surface area (Å²) in [7, 11) is 1.99. The normalized spacial score (nSPS) is 19.1. The van der Waals surface area contributed by atoms with Crippen LogP contribution in [-0.2, 0) is 5.54 Å². The minimum atomic E-state index is -3.02. The quantitative estimate of drug-likeness (QED) is 0.472. The first-order valence-electron chi connectivity index (χ1n) is 12.4. The summed E-state index contributed by atoms with van der Waals surface area (Å²) in [6.45, 7) is 3.06. The van der Waals surface area contributed by atoms with Gasteiger partial charge in [0.2, 0.25) is 0 Å². The van der Waals surface area contributed by atoms with Crippen LogP contribution in [-0.4, -0.2) is 48.0 Å². The topological polar surface area (TPSA) is 66.4 Å². The Morgan fingerprint density at radius 1 is 1.11 bits per heavy atom. The second-order valence-corrected chi connectivity index (χ2v) is 10.0. The van der Waals surface area contributed by atoms with Crippen molar-refractivity contribution in [3.05, 3.63) is 63.3 Å². The molecule has 11 heteroatoms. The number of amides is 1. The number of aromatic nitrogens is 1. The van der Waals surface area contributed by atoms with Crippen molar-refractivity contribution in [2.24, 2.45) is 0 Å². The van der Waals surface area contributed by atoms with E-state index in [4.69, 9.17) is 0 Å². The summed E-state index contributed by atoms with van der Waals surface area (Å²) in [6.07, 6.45) is -2.42. The first kappa shape index (κ1) is 27.1. The van der Waals surface area contributed by atoms with Gasteiger partial charge in [-0.15, -0.1) is 0 Å². The zero-order valence-electron chi connectivity index (χ0n) is 20.7. The van der Waals surface area contributed by atoms with Gasteiger partial charge in [-0.25, -0.2) is 22.0 Å². The van der Waals surface area contributed by atoms with Crippen molar-refractivity contribution in [2.75, 3.05) is 25.5 Å². The van der Waals surface area contributed by atoms with E-state index in [1.807, 2.05) is 7.05 Å². The Labute approximate surface area is 211 Å². The van der Waals surface area contributed by atoms with E-state index in [-0.39, 0.29) is 35.7 Å². The van der Waals surface area contributed by atoms with E-state index in [0.717, 1.165) is 42.8 Å². The third kappa shape index (κ3) is 5.37. The lowest BCUT2D eigenvalue weighted by atomic mass is 9.76. The minimum absolute atomic E-state index is 0.0386. The van der Waals surface area contributed by atoms with E-state index in [9.17, 15) is 31.5 Å². The summed E-state index contributed by atoms with van der Waals surface area (Å²) in [6, 6.07) is 3.67. The van der Waals surface area contributed by atoms with Crippen LogP contribution in [0.5, 0.6) is 0 Å². The molecule has 1 unspecified atom stereocenters. The van der Waals surface area contributed by atoms with Crippen LogP contribution in [0.25, 0.3) is 0 Å². The zero-order valence-corrected chi connectivity index (χ0v) is 20.7. The van der Waals surface area contributed by atoms with Gasteiger partial charge in [-0.3, -0.25) is 9.59 Å². The summed E-state index contributed by atoms with van der Waals surface area (Å²) in [5, 5.41) is 5.82. The summed E-state index contributed by atoms with van der Waals surface area (Å²) in [5.41, 5.74) is -3.07. The Morgan fingerprint density at radius 3 is 2.32 bits per heavy atom. The number of pyridine rings is 1. The number of nitrogens with one attached hydrogen (secondary N) is 2. The fourth-order valence-electron chi connectivity index (χ4n) is 5.08. The number of halogens is 5. The number of carbonyl (C=O) groups excluding carboxylic acids is 1. The van der Waals surface area contributed by atoms with Gasteiger partial charge in [-0.1, -0.05) is 18.2 Å². The molecule has 1 aromatic carbocycles. The van der Waals surface area contributed by atoms with E-state index in [1.54, 1.807) is 0 Å². The number of carbonyl (C=O) groups is 1. The molecule has 2 aliphatic rings. The number of rotatable bonds is 8. The van der Waals surface area contributed by atoms with E-state index < -0.39 is 47.3 Å². The number of nitrogens with zero attached hydrogens (tertiary/aromatic N) is 2. The lowest BCUT2D eigenvalue weighted by molar-refractivity contribution is -0.0504. The molecule has 1 atom stereocenters. The molecule has 2 N–H and O–H groups in total. The van der Waals surface area contributed by atoms with E-state index in [2.05, 4.69) is 15.5 Å². The summed E-state index contributed by atoms with van der Waals surface area (Å²) in [4.78, 5) is 28.5. The molecule has 2 aromatic rings. The van der Waals surface area contributed by atoms with Crippen LogP contribution in [0, 0.1) is 5.82 Å². The van der Waals surface area contributed by atoms with Gasteiger partial charge in [0, 0.05) is 23.9 Å². The molecular formula is C26H31F5N4O2. The van der Waals surface area contributed by atoms with E-state index >= 15 is 0 Å². The highest BCUT2D eigenvalue weighted by atomic mass is 19.3. The molecular weight excluding hydrogens is 495 g/mol. The van der Waals surface area contributed by atoms with Gasteiger partial charge in [0.25, 0.3) is 24.3 Å². The van der Waals surface area contributed by atoms with Crippen LogP contribution in [0.15, 0.2) is 35.3 Å². The van der Waals surface area contributed by atoms with E-state index in [0.29, 0.717) is 6.42 Å². The molecule has 0 spiro atoms. The van der Waals surface area contributed by atoms with Gasteiger partial charge in [0.05, 0.1) is 22.9 Å². The third-order valence-electron chi connectivity index (χ3n) is 7.59. The highest BCUT2D eigenvalue weighted by Gasteiger charge is 2.48. The maximum absolute atomic E-state index is 14.7. The van der Waals surface area contributed by atoms with Crippen molar-refractivity contribution in [1.29, 1.82) is 0 Å². The number of piperidine rings is 1. The number of hydrogen-bond donors (Lipinski definition) is 2. The van der Waals surface area contributed by atoms with Gasteiger partial charge in [0.15, 0.2) is 0 Å². The maximum atomic E-state index is 14.7. The Kier molecular flexibility index (Phi) is 7.91. The van der Waals surface area contributed by atoms with Gasteiger partial charge in [-0.05, 0) is 59.2 Å². The van der Waals surface area contributed by atoms with Gasteiger partial charge in [-0.2, -0.15) is 0 Å². The average Bonchev–Trinajstić information content (AvgIpc) is 2.80. The molecule has 1 aromatic heterocycles. The number of anilines is 1. The number of benzene rings is 1. The first-order valence-corrected chi connectivity index (χ1v) is 12.4. The second kappa shape index (κ2) is 10.8. The molecule has 1 amide bonds. The Balaban J connectivity index is 1.68. The van der Waals surface area contributed by atoms with Crippen molar-refractivity contribution in [2.45, 2.75) is 69.5 Å². The lowest BCUT2D eigenvalue weighted by Gasteiger charge is -2.42. The summed E-state index contributed by atoms with van der Waals surface area (Å²) in [5.74, 6) is -1.85. The van der Waals surface area contributed by atoms with Crippen LogP contribution >= 0.6 is 0 Å². The second-order valence-electron chi connectivity index (χ2n) is 10.0. The molecule has 1 aliphatic heterocycles. The fourth-order valence-corrected chi connectivity index (χ4v) is 5.08. The van der Waals surface area contributed by atoms with Crippen LogP contribution in [0.3, 0.4) is 0 Å². The van der Waals surface area contributed by atoms with Crippen molar-refractivity contribution in [3.63, 3.8) is 0 Å². The van der Waals surface area contributed by atoms with Crippen molar-refractivity contribution in [3.8, 4) is 0 Å². The molecule has 6 nitrogen and oxygen atoms in total. The largest absolute Gasteiger partial charge is 0.381 e. The Morgan fingerprint density at radius 2 is 1.76 bits per heavy atom. The third-order valence-corrected chi connectivity index (χ3v) is 7.59. The van der Waals surface area contributed by atoms with Gasteiger partial charge >= 0.3 is 0 Å². The van der Waals surface area contributed by atoms with Crippen LogP contribution in [0.2, 0.25) is 0 Å². The predicted octanol–water partition coefficient (Wildman–Crippen LogP) is 5.07. The van der Waals surface area contributed by atoms with Crippen LogP contribution in [0.4, 0.5) is 27.6 Å². The maximum Gasteiger partial charge on any atom is 0.266 e. The number of alkyl halides is 4. The lowest BCUT2D eigenvalue weighted by Crippen LogP contribution is -2.52. The molecule has 1 saturated heterocycles. The minimum Gasteiger partial charge on any atom is -0.381 e. The Hall–Kier alpha value is -2.95. The fraction of sp³-hybridized carbons (Fsp3) is 0.538. The average molecular weight is 527 g/mol. The van der Waals surface area contributed by atoms with Gasteiger partial charge < -0.3 is 20.1 Å². The van der Waals surface area contributed by atoms with Crippen LogP contribution in [0.1, 0.15) is 73.0 Å². The number of likely N-dealkylation sites (tertiary alicyclic amines) is 1. The molecule has 2 fully saturated rings. The first-order chi connectivity index (χ1) is 17.5. The SMILES string of the molecule is CC(NC(=O)c1cn(C2(C(F)F)CCC2)c(=O)cc1NC1CCN(C)CC1)c1cccc(C(F)F)c1F. The van der Waals surface area contributed by atoms with Crippen molar-refractivity contribution < 1.29 is 26.7 Å². The molecule has 37 heavy (non-hydrogen) atoms. The molecule has 1 saturated carbocycles. The summed E-state index contributed by atoms with van der Waals surface area (Å²) < 4.78 is 70.0. The number of hydrogen-bond acceptors (Lipinski definition) is 4. The van der Waals surface area contributed by atoms with Crippen molar-refractivity contribution in [1.82, 2.24) is 14.8 Å². The highest BCUT2D eigenvalue weighted by Crippen LogP contribution is 2.43. The molecule has 0 radical (unpaired) electrons. The van der Waals surface area contributed by atoms with E-state index in [1.165, 1.54) is 25.1 Å². The van der Waals surface area contributed by atoms with Crippen LogP contribution < -0.4 is 16.2 Å². The highest BCUT2D eigenvalue weighted by molar-refractivity contribution is 5.99. The molecule has 202 valence electrons. The Bertz CT molecular complexity index is 1190. The predicted molar refractivity (Wildman–Crippen MR) is 130 cm³/mol. The zero-order chi connectivity index (χ0) is 26.9.